The van der Waals surface area contributed by atoms with Crippen molar-refractivity contribution >= 4 is 13.2 Å². The van der Waals surface area contributed by atoms with E-state index in [1.165, 1.54) is 0 Å². The molecule has 24 heavy (non-hydrogen) atoms. The molecule has 1 aromatic carbocycles. The van der Waals surface area contributed by atoms with Crippen LogP contribution in [0.5, 0.6) is 0 Å². The Hall–Kier alpha value is -1.89. The molecule has 0 radical (unpaired) electrons. The van der Waals surface area contributed by atoms with Crippen LogP contribution in [0.4, 0.5) is 0 Å². The summed E-state index contributed by atoms with van der Waals surface area (Å²) in [5.74, 6) is 0. The minimum Gasteiger partial charge on any atom is -0.400 e. The Morgan fingerprint density at radius 1 is 1.12 bits per heavy atom. The summed E-state index contributed by atoms with van der Waals surface area (Å²) in [6.07, 6.45) is 3.78. The predicted molar refractivity (Wildman–Crippen MR) is 97.1 cm³/mol. The highest BCUT2D eigenvalue weighted by molar-refractivity contribution is 6.55. The Kier molecular flexibility index (Phi) is 4.38. The maximum Gasteiger partial charge on any atom is 0.491 e. The fourth-order valence-corrected chi connectivity index (χ4v) is 2.61. The van der Waals surface area contributed by atoms with Gasteiger partial charge in [0.25, 0.3) is 0 Å². The first-order valence-corrected chi connectivity index (χ1v) is 8.18. The molecule has 0 unspecified atom stereocenters. The lowest BCUT2D eigenvalue weighted by Crippen LogP contribution is -2.41. The first-order chi connectivity index (χ1) is 11.3. The fourth-order valence-electron chi connectivity index (χ4n) is 2.61. The van der Waals surface area contributed by atoms with Crippen LogP contribution in [0.2, 0.25) is 0 Å². The quantitative estimate of drug-likeness (QED) is 0.848. The van der Waals surface area contributed by atoms with Gasteiger partial charge in [0.1, 0.15) is 0 Å². The van der Waals surface area contributed by atoms with E-state index >= 15 is 0 Å². The van der Waals surface area contributed by atoms with Gasteiger partial charge in [-0.1, -0.05) is 30.3 Å². The van der Waals surface area contributed by atoms with Crippen molar-refractivity contribution in [2.24, 2.45) is 5.73 Å². The monoisotopic (exact) mass is 325 g/mol. The maximum atomic E-state index is 6.09. The van der Waals surface area contributed by atoms with Crippen molar-refractivity contribution < 1.29 is 9.31 Å². The molecule has 0 atom stereocenters. The lowest BCUT2D eigenvalue weighted by atomic mass is 9.77. The molecule has 3 N–H and O–H groups in total. The third-order valence-corrected chi connectivity index (χ3v) is 4.87. The molecular formula is C18H24BN3O2. The van der Waals surface area contributed by atoms with Gasteiger partial charge in [-0.15, -0.1) is 0 Å². The molecule has 5 nitrogen and oxygen atoms in total. The van der Waals surface area contributed by atoms with Crippen LogP contribution in [0.25, 0.3) is 17.3 Å². The van der Waals surface area contributed by atoms with Crippen LogP contribution in [0.15, 0.2) is 42.0 Å². The number of H-pyrrole nitrogens is 1. The van der Waals surface area contributed by atoms with E-state index in [0.717, 1.165) is 22.3 Å². The number of rotatable bonds is 4. The van der Waals surface area contributed by atoms with Gasteiger partial charge in [0.05, 0.1) is 16.9 Å². The van der Waals surface area contributed by atoms with Crippen molar-refractivity contribution in [1.82, 2.24) is 10.2 Å². The second-order valence-electron chi connectivity index (χ2n) is 7.10. The van der Waals surface area contributed by atoms with Crippen molar-refractivity contribution in [2.75, 3.05) is 6.54 Å². The molecule has 1 aromatic heterocycles. The van der Waals surface area contributed by atoms with Gasteiger partial charge in [-0.3, -0.25) is 5.10 Å². The van der Waals surface area contributed by atoms with E-state index in [0.29, 0.717) is 6.54 Å². The van der Waals surface area contributed by atoms with Crippen LogP contribution in [0.1, 0.15) is 33.3 Å². The average molecular weight is 325 g/mol. The van der Waals surface area contributed by atoms with Crippen LogP contribution in [0.3, 0.4) is 0 Å². The lowest BCUT2D eigenvalue weighted by Gasteiger charge is -2.32. The van der Waals surface area contributed by atoms with E-state index in [2.05, 4.69) is 34.5 Å². The second-order valence-corrected chi connectivity index (χ2v) is 7.10. The summed E-state index contributed by atoms with van der Waals surface area (Å²) in [7, 11) is -0.410. The van der Waals surface area contributed by atoms with E-state index in [1.807, 2.05) is 39.8 Å². The maximum absolute atomic E-state index is 6.09. The Balaban J connectivity index is 1.81. The Bertz CT molecular complexity index is 705. The molecule has 2 heterocycles. The molecule has 0 amide bonds. The topological polar surface area (TPSA) is 73.2 Å². The van der Waals surface area contributed by atoms with Gasteiger partial charge in [-0.2, -0.15) is 5.10 Å². The Morgan fingerprint density at radius 3 is 2.25 bits per heavy atom. The van der Waals surface area contributed by atoms with Crippen molar-refractivity contribution in [3.63, 3.8) is 0 Å². The van der Waals surface area contributed by atoms with Gasteiger partial charge in [0.15, 0.2) is 0 Å². The normalized spacial score (nSPS) is 19.7. The van der Waals surface area contributed by atoms with Crippen molar-refractivity contribution in [3.8, 4) is 11.3 Å². The van der Waals surface area contributed by atoms with E-state index in [1.54, 1.807) is 6.20 Å². The molecule has 0 saturated carbocycles. The fraction of sp³-hybridized carbons (Fsp3) is 0.389. The zero-order valence-corrected chi connectivity index (χ0v) is 14.7. The number of nitrogens with zero attached hydrogens (tertiary/aromatic N) is 1. The minimum absolute atomic E-state index is 0.365. The lowest BCUT2D eigenvalue weighted by molar-refractivity contribution is 0.00578. The summed E-state index contributed by atoms with van der Waals surface area (Å²) < 4.78 is 12.2. The van der Waals surface area contributed by atoms with E-state index < -0.39 is 7.12 Å². The van der Waals surface area contributed by atoms with Gasteiger partial charge in [0.2, 0.25) is 0 Å². The summed E-state index contributed by atoms with van der Waals surface area (Å²) in [6.45, 7) is 8.56. The summed E-state index contributed by atoms with van der Waals surface area (Å²) in [6, 6.07) is 10.2. The highest BCUT2D eigenvalue weighted by Gasteiger charge is 2.52. The standard InChI is InChI=1S/C18H24BN3O2/c1-17(2)18(3,4)24-19(23-17)15(12-20)11-13-5-7-14(8-6-13)16-9-10-21-22-16/h5-11H,12,20H2,1-4H3,(H,21,22). The van der Waals surface area contributed by atoms with Crippen molar-refractivity contribution in [1.29, 1.82) is 0 Å². The first-order valence-electron chi connectivity index (χ1n) is 8.18. The zero-order valence-electron chi connectivity index (χ0n) is 14.7. The molecule has 1 fully saturated rings. The predicted octanol–water partition coefficient (Wildman–Crippen LogP) is 3.05. The number of nitrogens with two attached hydrogens (primary N) is 1. The number of aromatic amines is 1. The van der Waals surface area contributed by atoms with Gasteiger partial charge in [0, 0.05) is 12.7 Å². The van der Waals surface area contributed by atoms with Crippen LogP contribution >= 0.6 is 0 Å². The molecule has 0 spiro atoms. The molecule has 6 heteroatoms. The minimum atomic E-state index is -0.410. The van der Waals surface area contributed by atoms with Crippen molar-refractivity contribution in [3.05, 3.63) is 47.6 Å². The number of aromatic nitrogens is 2. The molecule has 1 saturated heterocycles. The summed E-state index contributed by atoms with van der Waals surface area (Å²) >= 11 is 0. The SMILES string of the molecule is CC1(C)OB(C(=Cc2ccc(-c3ccn[nH]3)cc2)CN)OC1(C)C. The highest BCUT2D eigenvalue weighted by Crippen LogP contribution is 2.38. The third-order valence-electron chi connectivity index (χ3n) is 4.87. The van der Waals surface area contributed by atoms with Crippen LogP contribution in [-0.2, 0) is 9.31 Å². The summed E-state index contributed by atoms with van der Waals surface area (Å²) in [5.41, 5.74) is 9.30. The van der Waals surface area contributed by atoms with Gasteiger partial charge >= 0.3 is 7.12 Å². The van der Waals surface area contributed by atoms with Gasteiger partial charge in [-0.25, -0.2) is 0 Å². The zero-order chi connectivity index (χ0) is 17.4. The Morgan fingerprint density at radius 2 is 1.75 bits per heavy atom. The highest BCUT2D eigenvalue weighted by atomic mass is 16.7. The molecule has 126 valence electrons. The van der Waals surface area contributed by atoms with E-state index in [9.17, 15) is 0 Å². The molecule has 0 aliphatic carbocycles. The number of hydrogen-bond donors (Lipinski definition) is 2. The van der Waals surface area contributed by atoms with E-state index in [4.69, 9.17) is 15.0 Å². The average Bonchev–Trinajstić information content (AvgIpc) is 3.12. The molecule has 0 bridgehead atoms. The summed E-state index contributed by atoms with van der Waals surface area (Å²) in [4.78, 5) is 0. The molecule has 3 rings (SSSR count). The van der Waals surface area contributed by atoms with Crippen LogP contribution in [-0.4, -0.2) is 35.1 Å². The Labute approximate surface area is 143 Å². The molecule has 1 aliphatic rings. The largest absolute Gasteiger partial charge is 0.491 e. The van der Waals surface area contributed by atoms with Crippen LogP contribution < -0.4 is 5.73 Å². The van der Waals surface area contributed by atoms with Crippen LogP contribution in [0, 0.1) is 0 Å². The van der Waals surface area contributed by atoms with Gasteiger partial charge < -0.3 is 15.0 Å². The van der Waals surface area contributed by atoms with Crippen molar-refractivity contribution in [2.45, 2.75) is 38.9 Å². The second kappa shape index (κ2) is 6.20. The number of hydrogen-bond acceptors (Lipinski definition) is 4. The molecule has 1 aliphatic heterocycles. The smallest absolute Gasteiger partial charge is 0.400 e. The van der Waals surface area contributed by atoms with E-state index in [-0.39, 0.29) is 11.2 Å². The number of nitrogens with one attached hydrogen (secondary N) is 1. The first kappa shape index (κ1) is 17.0. The third kappa shape index (κ3) is 3.17. The number of benzene rings is 1. The van der Waals surface area contributed by atoms with Gasteiger partial charge in [-0.05, 0) is 50.4 Å². The molecular weight excluding hydrogens is 301 g/mol. The summed E-state index contributed by atoms with van der Waals surface area (Å²) in [5, 5.41) is 6.94. The molecule has 2 aromatic rings.